The van der Waals surface area contributed by atoms with Gasteiger partial charge in [-0.1, -0.05) is 24.3 Å². The molecular weight excluding hydrogens is 350 g/mol. The van der Waals surface area contributed by atoms with Crippen molar-refractivity contribution in [2.24, 2.45) is 16.5 Å². The van der Waals surface area contributed by atoms with Crippen LogP contribution in [0.4, 0.5) is 5.69 Å². The molecule has 2 aliphatic heterocycles. The van der Waals surface area contributed by atoms with E-state index in [1.807, 2.05) is 55.1 Å². The van der Waals surface area contributed by atoms with E-state index in [2.05, 4.69) is 10.3 Å². The summed E-state index contributed by atoms with van der Waals surface area (Å²) < 4.78 is 0. The van der Waals surface area contributed by atoms with Crippen molar-refractivity contribution < 1.29 is 4.79 Å². The fourth-order valence-corrected chi connectivity index (χ4v) is 4.20. The van der Waals surface area contributed by atoms with Crippen molar-refractivity contribution in [2.45, 2.75) is 39.0 Å². The molecule has 0 aromatic heterocycles. The topological polar surface area (TPSA) is 96.7 Å². The van der Waals surface area contributed by atoms with Crippen molar-refractivity contribution in [1.29, 1.82) is 0 Å². The number of fused-ring (bicyclic) bond motifs is 1. The third-order valence-electron chi connectivity index (χ3n) is 5.53. The minimum atomic E-state index is -1.33. The lowest BCUT2D eigenvalue weighted by Crippen LogP contribution is -2.56. The predicted molar refractivity (Wildman–Crippen MR) is 113 cm³/mol. The second-order valence-corrected chi connectivity index (χ2v) is 7.76. The third kappa shape index (κ3) is 3.41. The van der Waals surface area contributed by atoms with Gasteiger partial charge in [0.15, 0.2) is 0 Å². The average molecular weight is 377 g/mol. The molecule has 2 heterocycles. The number of nitrogens with zero attached hydrogens (tertiary/aromatic N) is 2. The number of hydrogen-bond acceptors (Lipinski definition) is 5. The molecule has 0 saturated carbocycles. The smallest absolute Gasteiger partial charge is 0.254 e. The Bertz CT molecular complexity index is 957. The van der Waals surface area contributed by atoms with Gasteiger partial charge in [0.2, 0.25) is 5.91 Å². The van der Waals surface area contributed by atoms with Crippen molar-refractivity contribution in [3.05, 3.63) is 53.1 Å². The molecule has 6 heteroatoms. The molecule has 6 nitrogen and oxygen atoms in total. The summed E-state index contributed by atoms with van der Waals surface area (Å²) in [5.74, 6) is -1.22. The molecule has 0 spiro atoms. The monoisotopic (exact) mass is 377 g/mol. The molecule has 0 unspecified atom stereocenters. The summed E-state index contributed by atoms with van der Waals surface area (Å²) in [6.45, 7) is 5.60. The van der Waals surface area contributed by atoms with Crippen LogP contribution in [0.25, 0.3) is 11.1 Å². The molecule has 5 N–H and O–H groups in total. The Labute approximate surface area is 165 Å². The third-order valence-corrected chi connectivity index (χ3v) is 5.53. The van der Waals surface area contributed by atoms with E-state index in [1.54, 1.807) is 0 Å². The molecule has 1 amide bonds. The van der Waals surface area contributed by atoms with Crippen LogP contribution in [0.15, 0.2) is 41.4 Å². The number of carbonyl (C=O) groups excluding carboxylic acids is 1. The minimum Gasteiger partial charge on any atom is -0.339 e. The van der Waals surface area contributed by atoms with E-state index < -0.39 is 5.91 Å². The zero-order valence-electron chi connectivity index (χ0n) is 16.5. The van der Waals surface area contributed by atoms with Crippen LogP contribution in [0.1, 0.15) is 47.7 Å². The SMILES string of the molecule is CC1=NC(N)(N)Nc2cc(-c3c(C)cccc3C(=O)N3CCCCC3)ccc21. The van der Waals surface area contributed by atoms with Gasteiger partial charge in [-0.25, -0.2) is 4.99 Å². The first-order valence-electron chi connectivity index (χ1n) is 9.82. The van der Waals surface area contributed by atoms with Gasteiger partial charge in [-0.2, -0.15) is 0 Å². The van der Waals surface area contributed by atoms with Crippen LogP contribution < -0.4 is 16.8 Å². The number of nitrogens with one attached hydrogen (secondary N) is 1. The van der Waals surface area contributed by atoms with E-state index in [-0.39, 0.29) is 5.91 Å². The van der Waals surface area contributed by atoms with Crippen molar-refractivity contribution >= 4 is 17.3 Å². The molecule has 2 aromatic carbocycles. The molecule has 2 aliphatic rings. The zero-order chi connectivity index (χ0) is 19.9. The summed E-state index contributed by atoms with van der Waals surface area (Å²) in [4.78, 5) is 19.5. The molecular formula is C22H27N5O. The normalized spacial score (nSPS) is 18.1. The Morgan fingerprint density at radius 1 is 1.11 bits per heavy atom. The number of benzene rings is 2. The molecule has 28 heavy (non-hydrogen) atoms. The number of amides is 1. The summed E-state index contributed by atoms with van der Waals surface area (Å²) >= 11 is 0. The molecule has 0 radical (unpaired) electrons. The van der Waals surface area contributed by atoms with Gasteiger partial charge in [0, 0.05) is 35.6 Å². The van der Waals surface area contributed by atoms with Crippen molar-refractivity contribution in [1.82, 2.24) is 4.90 Å². The average Bonchev–Trinajstić information content (AvgIpc) is 2.66. The Morgan fingerprint density at radius 2 is 1.86 bits per heavy atom. The first-order valence-corrected chi connectivity index (χ1v) is 9.82. The number of hydrogen-bond donors (Lipinski definition) is 3. The van der Waals surface area contributed by atoms with Crippen LogP contribution in [0.3, 0.4) is 0 Å². The van der Waals surface area contributed by atoms with Gasteiger partial charge in [0.25, 0.3) is 5.91 Å². The maximum atomic E-state index is 13.2. The van der Waals surface area contributed by atoms with E-state index in [4.69, 9.17) is 11.5 Å². The number of carbonyl (C=O) groups is 1. The van der Waals surface area contributed by atoms with E-state index in [0.29, 0.717) is 0 Å². The number of piperidine rings is 1. The molecule has 1 fully saturated rings. The maximum absolute atomic E-state index is 13.2. The first kappa shape index (κ1) is 18.7. The van der Waals surface area contributed by atoms with Crippen LogP contribution in [0.5, 0.6) is 0 Å². The lowest BCUT2D eigenvalue weighted by Gasteiger charge is -2.30. The van der Waals surface area contributed by atoms with Gasteiger partial charge in [0.05, 0.1) is 0 Å². The Kier molecular flexibility index (Phi) is 4.69. The molecule has 0 aliphatic carbocycles. The zero-order valence-corrected chi connectivity index (χ0v) is 16.5. The number of aliphatic imine (C=N–C) groups is 1. The van der Waals surface area contributed by atoms with Gasteiger partial charge in [0.1, 0.15) is 0 Å². The number of anilines is 1. The fraction of sp³-hybridized carbons (Fsp3) is 0.364. The molecule has 2 aromatic rings. The Morgan fingerprint density at radius 3 is 2.61 bits per heavy atom. The first-order chi connectivity index (χ1) is 13.4. The minimum absolute atomic E-state index is 0.105. The van der Waals surface area contributed by atoms with Gasteiger partial charge >= 0.3 is 0 Å². The maximum Gasteiger partial charge on any atom is 0.254 e. The quantitative estimate of drug-likeness (QED) is 0.701. The largest absolute Gasteiger partial charge is 0.339 e. The lowest BCUT2D eigenvalue weighted by molar-refractivity contribution is 0.0725. The molecule has 0 atom stereocenters. The highest BCUT2D eigenvalue weighted by Gasteiger charge is 2.27. The Hall–Kier alpha value is -2.70. The number of rotatable bonds is 2. The lowest BCUT2D eigenvalue weighted by atomic mass is 9.92. The molecule has 1 saturated heterocycles. The molecule has 4 rings (SSSR count). The van der Waals surface area contributed by atoms with Gasteiger partial charge in [-0.05, 0) is 61.9 Å². The van der Waals surface area contributed by atoms with E-state index in [9.17, 15) is 4.79 Å². The second-order valence-electron chi connectivity index (χ2n) is 7.76. The van der Waals surface area contributed by atoms with Gasteiger partial charge in [-0.3, -0.25) is 16.3 Å². The summed E-state index contributed by atoms with van der Waals surface area (Å²) in [6.07, 6.45) is 3.34. The van der Waals surface area contributed by atoms with Gasteiger partial charge in [-0.15, -0.1) is 0 Å². The highest BCUT2D eigenvalue weighted by atomic mass is 16.2. The van der Waals surface area contributed by atoms with Gasteiger partial charge < -0.3 is 10.2 Å². The van der Waals surface area contributed by atoms with Crippen molar-refractivity contribution in [2.75, 3.05) is 18.4 Å². The highest BCUT2D eigenvalue weighted by Crippen LogP contribution is 2.34. The molecule has 0 bridgehead atoms. The van der Waals surface area contributed by atoms with Crippen LogP contribution in [0, 0.1) is 6.92 Å². The fourth-order valence-electron chi connectivity index (χ4n) is 4.20. The highest BCUT2D eigenvalue weighted by molar-refractivity contribution is 6.07. The van der Waals surface area contributed by atoms with E-state index >= 15 is 0 Å². The predicted octanol–water partition coefficient (Wildman–Crippen LogP) is 3.05. The summed E-state index contributed by atoms with van der Waals surface area (Å²) in [7, 11) is 0. The van der Waals surface area contributed by atoms with Crippen molar-refractivity contribution in [3.63, 3.8) is 0 Å². The van der Waals surface area contributed by atoms with E-state index in [1.165, 1.54) is 6.42 Å². The number of likely N-dealkylation sites (tertiary alicyclic amines) is 1. The number of nitrogens with two attached hydrogens (primary N) is 2. The Balaban J connectivity index is 1.78. The van der Waals surface area contributed by atoms with Crippen LogP contribution in [0.2, 0.25) is 0 Å². The standard InChI is InChI=1S/C22H27N5O/c1-14-7-6-8-18(21(28)27-11-4-3-5-12-27)20(14)16-9-10-17-15(2)25-22(23,24)26-19(17)13-16/h6-10,13,26H,3-5,11-12,23-24H2,1-2H3. The van der Waals surface area contributed by atoms with Crippen LogP contribution >= 0.6 is 0 Å². The van der Waals surface area contributed by atoms with Crippen LogP contribution in [-0.2, 0) is 0 Å². The summed E-state index contributed by atoms with van der Waals surface area (Å²) in [6, 6.07) is 12.0. The van der Waals surface area contributed by atoms with E-state index in [0.717, 1.165) is 65.1 Å². The van der Waals surface area contributed by atoms with Crippen molar-refractivity contribution in [3.8, 4) is 11.1 Å². The summed E-state index contributed by atoms with van der Waals surface area (Å²) in [5, 5.41) is 3.08. The summed E-state index contributed by atoms with van der Waals surface area (Å²) in [5.41, 5.74) is 18.3. The number of aryl methyl sites for hydroxylation is 1. The van der Waals surface area contributed by atoms with Crippen LogP contribution in [-0.4, -0.2) is 35.5 Å². The molecule has 146 valence electrons. The second kappa shape index (κ2) is 7.04.